The number of hydrogen-bond acceptors (Lipinski definition) is 4. The average molecular weight is 256 g/mol. The van der Waals surface area contributed by atoms with Gasteiger partial charge in [-0.1, -0.05) is 34.6 Å². The second-order valence-electron chi connectivity index (χ2n) is 6.31. The Morgan fingerprint density at radius 1 is 1.29 bits per heavy atom. The van der Waals surface area contributed by atoms with Gasteiger partial charge in [-0.3, -0.25) is 0 Å². The predicted molar refractivity (Wildman–Crippen MR) is 73.4 cm³/mol. The van der Waals surface area contributed by atoms with Crippen molar-refractivity contribution in [1.82, 2.24) is 10.3 Å². The smallest absolute Gasteiger partial charge is 0.0981 e. The summed E-state index contributed by atoms with van der Waals surface area (Å²) in [5.74, 6) is 0. The Balaban J connectivity index is 2.46. The first-order valence-electron chi connectivity index (χ1n) is 6.01. The third-order valence-electron chi connectivity index (χ3n) is 2.53. The molecule has 0 atom stereocenters. The number of hydrogen-bond donors (Lipinski definition) is 2. The van der Waals surface area contributed by atoms with Crippen LogP contribution < -0.4 is 5.32 Å². The van der Waals surface area contributed by atoms with Crippen LogP contribution in [0.2, 0.25) is 0 Å². The molecule has 98 valence electrons. The molecule has 0 bridgehead atoms. The maximum absolute atomic E-state index is 9.15. The molecule has 3 nitrogen and oxygen atoms in total. The summed E-state index contributed by atoms with van der Waals surface area (Å²) in [6, 6.07) is 0. The minimum atomic E-state index is -0.0580. The van der Waals surface area contributed by atoms with E-state index in [1.165, 1.54) is 9.88 Å². The van der Waals surface area contributed by atoms with E-state index in [1.807, 2.05) is 20.0 Å². The maximum Gasteiger partial charge on any atom is 0.0981 e. The van der Waals surface area contributed by atoms with E-state index < -0.39 is 0 Å². The normalized spacial score (nSPS) is 13.1. The lowest BCUT2D eigenvalue weighted by Gasteiger charge is -2.21. The molecule has 1 aromatic rings. The SMILES string of the molecule is CC(C)(CO)CNCc1cnc(C(C)(C)C)s1. The predicted octanol–water partition coefficient (Wildman–Crippen LogP) is 2.55. The minimum Gasteiger partial charge on any atom is -0.396 e. The Bertz CT molecular complexity index is 353. The van der Waals surface area contributed by atoms with Crippen LogP contribution in [0.1, 0.15) is 44.5 Å². The second-order valence-corrected chi connectivity index (χ2v) is 7.42. The summed E-state index contributed by atoms with van der Waals surface area (Å²) in [5, 5.41) is 13.7. The molecule has 4 heteroatoms. The minimum absolute atomic E-state index is 0.0580. The first-order valence-corrected chi connectivity index (χ1v) is 6.83. The van der Waals surface area contributed by atoms with E-state index in [4.69, 9.17) is 5.11 Å². The standard InChI is InChI=1S/C13H24N2OS/c1-12(2,3)11-15-7-10(17-11)6-14-8-13(4,5)9-16/h7,14,16H,6,8-9H2,1-5H3. The molecular formula is C13H24N2OS. The van der Waals surface area contributed by atoms with Gasteiger partial charge in [-0.05, 0) is 0 Å². The van der Waals surface area contributed by atoms with Crippen molar-refractivity contribution in [2.45, 2.75) is 46.6 Å². The van der Waals surface area contributed by atoms with Crippen molar-refractivity contribution in [3.8, 4) is 0 Å². The monoisotopic (exact) mass is 256 g/mol. The van der Waals surface area contributed by atoms with Crippen molar-refractivity contribution < 1.29 is 5.11 Å². The highest BCUT2D eigenvalue weighted by atomic mass is 32.1. The Kier molecular flexibility index (Phi) is 4.69. The van der Waals surface area contributed by atoms with Gasteiger partial charge in [-0.25, -0.2) is 4.98 Å². The first kappa shape index (κ1) is 14.6. The van der Waals surface area contributed by atoms with E-state index in [-0.39, 0.29) is 17.4 Å². The number of aliphatic hydroxyl groups is 1. The molecule has 1 heterocycles. The quantitative estimate of drug-likeness (QED) is 0.851. The van der Waals surface area contributed by atoms with E-state index in [0.717, 1.165) is 13.1 Å². The summed E-state index contributed by atoms with van der Waals surface area (Å²) >= 11 is 1.76. The zero-order valence-electron chi connectivity index (χ0n) is 11.5. The van der Waals surface area contributed by atoms with Gasteiger partial charge in [0, 0.05) is 41.6 Å². The van der Waals surface area contributed by atoms with Crippen LogP contribution in [0.25, 0.3) is 0 Å². The van der Waals surface area contributed by atoms with Crippen LogP contribution in [0.3, 0.4) is 0 Å². The zero-order chi connectivity index (χ0) is 13.1. The lowest BCUT2D eigenvalue weighted by Crippen LogP contribution is -2.31. The molecule has 1 rings (SSSR count). The van der Waals surface area contributed by atoms with Gasteiger partial charge in [0.15, 0.2) is 0 Å². The zero-order valence-corrected chi connectivity index (χ0v) is 12.3. The molecule has 0 radical (unpaired) electrons. The summed E-state index contributed by atoms with van der Waals surface area (Å²) < 4.78 is 0. The Morgan fingerprint density at radius 2 is 1.94 bits per heavy atom. The molecule has 0 aliphatic heterocycles. The first-order chi connectivity index (χ1) is 7.74. The Hall–Kier alpha value is -0.450. The van der Waals surface area contributed by atoms with E-state index in [1.54, 1.807) is 11.3 Å². The Labute approximate surface area is 108 Å². The number of aromatic nitrogens is 1. The molecule has 0 aliphatic carbocycles. The highest BCUT2D eigenvalue weighted by molar-refractivity contribution is 7.11. The molecule has 0 unspecified atom stereocenters. The van der Waals surface area contributed by atoms with E-state index in [0.29, 0.717) is 0 Å². The molecule has 0 aliphatic rings. The van der Waals surface area contributed by atoms with Gasteiger partial charge >= 0.3 is 0 Å². The van der Waals surface area contributed by atoms with Crippen molar-refractivity contribution in [3.05, 3.63) is 16.1 Å². The Morgan fingerprint density at radius 3 is 2.41 bits per heavy atom. The largest absolute Gasteiger partial charge is 0.396 e. The highest BCUT2D eigenvalue weighted by Crippen LogP contribution is 2.26. The number of thiazole rings is 1. The van der Waals surface area contributed by atoms with Gasteiger partial charge in [0.05, 0.1) is 5.01 Å². The van der Waals surface area contributed by atoms with Crippen molar-refractivity contribution >= 4 is 11.3 Å². The van der Waals surface area contributed by atoms with Crippen molar-refractivity contribution in [1.29, 1.82) is 0 Å². The van der Waals surface area contributed by atoms with Crippen LogP contribution >= 0.6 is 11.3 Å². The lowest BCUT2D eigenvalue weighted by molar-refractivity contribution is 0.157. The number of nitrogens with zero attached hydrogens (tertiary/aromatic N) is 1. The van der Waals surface area contributed by atoms with Gasteiger partial charge in [-0.2, -0.15) is 0 Å². The fourth-order valence-electron chi connectivity index (χ4n) is 1.32. The highest BCUT2D eigenvalue weighted by Gasteiger charge is 2.19. The summed E-state index contributed by atoms with van der Waals surface area (Å²) in [5.41, 5.74) is 0.0742. The molecule has 0 aromatic carbocycles. The third-order valence-corrected chi connectivity index (χ3v) is 3.95. The van der Waals surface area contributed by atoms with Gasteiger partial charge in [0.25, 0.3) is 0 Å². The fraction of sp³-hybridized carbons (Fsp3) is 0.769. The fourth-order valence-corrected chi connectivity index (χ4v) is 2.26. The number of rotatable bonds is 5. The van der Waals surface area contributed by atoms with E-state index in [9.17, 15) is 0 Å². The van der Waals surface area contributed by atoms with Gasteiger partial charge in [0.2, 0.25) is 0 Å². The molecule has 1 aromatic heterocycles. The van der Waals surface area contributed by atoms with Crippen LogP contribution in [-0.2, 0) is 12.0 Å². The second kappa shape index (κ2) is 5.46. The van der Waals surface area contributed by atoms with E-state index in [2.05, 4.69) is 31.1 Å². The van der Waals surface area contributed by atoms with Crippen molar-refractivity contribution in [3.63, 3.8) is 0 Å². The molecule has 0 saturated heterocycles. The van der Waals surface area contributed by atoms with Crippen LogP contribution in [0, 0.1) is 5.41 Å². The van der Waals surface area contributed by atoms with Crippen molar-refractivity contribution in [2.24, 2.45) is 5.41 Å². The van der Waals surface area contributed by atoms with Gasteiger partial charge in [-0.15, -0.1) is 11.3 Å². The van der Waals surface area contributed by atoms with Crippen molar-refractivity contribution in [2.75, 3.05) is 13.2 Å². The summed E-state index contributed by atoms with van der Waals surface area (Å²) in [6.45, 7) is 12.5. The lowest BCUT2D eigenvalue weighted by atomic mass is 9.95. The van der Waals surface area contributed by atoms with E-state index >= 15 is 0 Å². The number of nitrogens with one attached hydrogen (secondary N) is 1. The number of aliphatic hydroxyl groups excluding tert-OH is 1. The summed E-state index contributed by atoms with van der Waals surface area (Å²) in [6.07, 6.45) is 1.95. The molecule has 0 fully saturated rings. The average Bonchev–Trinajstić information content (AvgIpc) is 2.66. The maximum atomic E-state index is 9.15. The molecular weight excluding hydrogens is 232 g/mol. The molecule has 2 N–H and O–H groups in total. The molecule has 0 amide bonds. The van der Waals surface area contributed by atoms with Gasteiger partial charge in [0.1, 0.15) is 0 Å². The van der Waals surface area contributed by atoms with Gasteiger partial charge < -0.3 is 10.4 Å². The van der Waals surface area contributed by atoms with Crippen LogP contribution in [-0.4, -0.2) is 23.2 Å². The summed E-state index contributed by atoms with van der Waals surface area (Å²) in [7, 11) is 0. The molecule has 0 spiro atoms. The van der Waals surface area contributed by atoms with Crippen LogP contribution in [0.15, 0.2) is 6.20 Å². The third kappa shape index (κ3) is 4.74. The van der Waals surface area contributed by atoms with Crippen LogP contribution in [0.4, 0.5) is 0 Å². The molecule has 0 saturated carbocycles. The molecule has 17 heavy (non-hydrogen) atoms. The summed E-state index contributed by atoms with van der Waals surface area (Å²) in [4.78, 5) is 5.71. The topological polar surface area (TPSA) is 45.1 Å². The van der Waals surface area contributed by atoms with Crippen LogP contribution in [0.5, 0.6) is 0 Å².